The smallest absolute Gasteiger partial charge is 0.166 e. The van der Waals surface area contributed by atoms with Gasteiger partial charge in [-0.05, 0) is 46.2 Å². The quantitative estimate of drug-likeness (QED) is 0.731. The summed E-state index contributed by atoms with van der Waals surface area (Å²) >= 11 is 3.80. The number of rotatable bonds is 1. The van der Waals surface area contributed by atoms with Crippen molar-refractivity contribution in [2.75, 3.05) is 7.11 Å². The van der Waals surface area contributed by atoms with Gasteiger partial charge in [0.15, 0.2) is 11.6 Å². The van der Waals surface area contributed by atoms with E-state index in [0.29, 0.717) is 5.75 Å². The third-order valence-electron chi connectivity index (χ3n) is 1.76. The number of thiophene rings is 1. The molecule has 0 N–H and O–H groups in total. The monoisotopic (exact) mass is 308 g/mol. The van der Waals surface area contributed by atoms with E-state index in [1.807, 2.05) is 6.07 Å². The van der Waals surface area contributed by atoms with Crippen molar-refractivity contribution in [3.05, 3.63) is 26.9 Å². The number of ether oxygens (including phenoxy) is 1. The van der Waals surface area contributed by atoms with Gasteiger partial charge < -0.3 is 4.74 Å². The Hall–Kier alpha value is -0.360. The van der Waals surface area contributed by atoms with Gasteiger partial charge in [0.05, 0.1) is 9.99 Å². The normalized spacial score (nSPS) is 10.7. The molecule has 2 rings (SSSR count). The van der Waals surface area contributed by atoms with Crippen LogP contribution in [0.15, 0.2) is 18.2 Å². The number of hydrogen-bond acceptors (Lipinski definition) is 2. The van der Waals surface area contributed by atoms with E-state index in [2.05, 4.69) is 22.6 Å². The maximum Gasteiger partial charge on any atom is 0.166 e. The van der Waals surface area contributed by atoms with Crippen molar-refractivity contribution in [3.8, 4) is 5.75 Å². The standard InChI is InChI=1S/C9H6FIOS/c1-12-7-2-5-3-9(11)13-8(5)4-6(7)10/h2-4H,1H3. The molecule has 0 unspecified atom stereocenters. The van der Waals surface area contributed by atoms with E-state index in [1.165, 1.54) is 13.2 Å². The van der Waals surface area contributed by atoms with Gasteiger partial charge in [0, 0.05) is 4.70 Å². The number of halogens is 2. The van der Waals surface area contributed by atoms with Gasteiger partial charge in [0.25, 0.3) is 0 Å². The van der Waals surface area contributed by atoms with Crippen molar-refractivity contribution < 1.29 is 9.13 Å². The lowest BCUT2D eigenvalue weighted by Gasteiger charge is -2.00. The largest absolute Gasteiger partial charge is 0.494 e. The molecule has 1 aromatic carbocycles. The van der Waals surface area contributed by atoms with Crippen LogP contribution >= 0.6 is 33.9 Å². The summed E-state index contributed by atoms with van der Waals surface area (Å²) in [4.78, 5) is 0. The molecule has 0 aliphatic carbocycles. The Balaban J connectivity index is 2.72. The third-order valence-corrected chi connectivity index (χ3v) is 3.62. The van der Waals surface area contributed by atoms with Crippen molar-refractivity contribution in [2.45, 2.75) is 0 Å². The Kier molecular flexibility index (Phi) is 2.42. The van der Waals surface area contributed by atoms with E-state index in [0.717, 1.165) is 13.0 Å². The molecule has 1 aromatic heterocycles. The topological polar surface area (TPSA) is 9.23 Å². The summed E-state index contributed by atoms with van der Waals surface area (Å²) in [6.07, 6.45) is 0. The average molecular weight is 308 g/mol. The van der Waals surface area contributed by atoms with Crippen molar-refractivity contribution in [1.29, 1.82) is 0 Å². The van der Waals surface area contributed by atoms with Crippen molar-refractivity contribution >= 4 is 44.0 Å². The zero-order chi connectivity index (χ0) is 9.42. The van der Waals surface area contributed by atoms with Crippen molar-refractivity contribution in [3.63, 3.8) is 0 Å². The number of hydrogen-bond donors (Lipinski definition) is 0. The molecule has 0 aliphatic heterocycles. The highest BCUT2D eigenvalue weighted by atomic mass is 127. The highest BCUT2D eigenvalue weighted by molar-refractivity contribution is 14.1. The van der Waals surface area contributed by atoms with Gasteiger partial charge in [-0.3, -0.25) is 0 Å². The summed E-state index contributed by atoms with van der Waals surface area (Å²) in [6, 6.07) is 5.26. The predicted molar refractivity (Wildman–Crippen MR) is 61.1 cm³/mol. The van der Waals surface area contributed by atoms with E-state index in [-0.39, 0.29) is 5.82 Å². The molecular formula is C9H6FIOS. The average Bonchev–Trinajstić information content (AvgIpc) is 2.42. The van der Waals surface area contributed by atoms with Crippen LogP contribution in [0, 0.1) is 8.70 Å². The van der Waals surface area contributed by atoms with Gasteiger partial charge in [-0.15, -0.1) is 11.3 Å². The highest BCUT2D eigenvalue weighted by Crippen LogP contribution is 2.31. The second-order valence-corrected chi connectivity index (χ2v) is 5.55. The van der Waals surface area contributed by atoms with Crippen LogP contribution in [0.25, 0.3) is 10.1 Å². The van der Waals surface area contributed by atoms with E-state index >= 15 is 0 Å². The number of fused-ring (bicyclic) bond motifs is 1. The summed E-state index contributed by atoms with van der Waals surface area (Å²) in [6.45, 7) is 0. The van der Waals surface area contributed by atoms with Gasteiger partial charge in [-0.2, -0.15) is 0 Å². The minimum atomic E-state index is -0.298. The van der Waals surface area contributed by atoms with Gasteiger partial charge in [-0.1, -0.05) is 0 Å². The lowest BCUT2D eigenvalue weighted by atomic mass is 10.2. The van der Waals surface area contributed by atoms with Crippen LogP contribution in [0.3, 0.4) is 0 Å². The molecule has 0 saturated carbocycles. The second kappa shape index (κ2) is 3.42. The Morgan fingerprint density at radius 2 is 2.15 bits per heavy atom. The van der Waals surface area contributed by atoms with Gasteiger partial charge in [0.1, 0.15) is 0 Å². The zero-order valence-electron chi connectivity index (χ0n) is 6.80. The number of benzene rings is 1. The molecule has 0 fully saturated rings. The fourth-order valence-electron chi connectivity index (χ4n) is 1.17. The SMILES string of the molecule is COc1cc2cc(I)sc2cc1F. The summed E-state index contributed by atoms with van der Waals surface area (Å²) in [5.74, 6) is 0.00921. The maximum absolute atomic E-state index is 13.2. The molecule has 0 spiro atoms. The van der Waals surface area contributed by atoms with Crippen molar-refractivity contribution in [2.24, 2.45) is 0 Å². The minimum absolute atomic E-state index is 0.298. The fourth-order valence-corrected chi connectivity index (χ4v) is 3.01. The Labute approximate surface area is 92.7 Å². The van der Waals surface area contributed by atoms with Gasteiger partial charge >= 0.3 is 0 Å². The molecule has 0 bridgehead atoms. The van der Waals surface area contributed by atoms with Crippen LogP contribution in [-0.4, -0.2) is 7.11 Å². The van der Waals surface area contributed by atoms with Crippen LogP contribution in [0.2, 0.25) is 0 Å². The van der Waals surface area contributed by atoms with E-state index in [9.17, 15) is 4.39 Å². The molecule has 2 aromatic rings. The Morgan fingerprint density at radius 1 is 1.38 bits per heavy atom. The first-order chi connectivity index (χ1) is 6.20. The first-order valence-corrected chi connectivity index (χ1v) is 5.53. The Bertz CT molecular complexity index is 452. The van der Waals surface area contributed by atoms with Crippen LogP contribution in [0.5, 0.6) is 5.75 Å². The molecule has 1 heterocycles. The van der Waals surface area contributed by atoms with Crippen LogP contribution in [0.4, 0.5) is 4.39 Å². The number of methoxy groups -OCH3 is 1. The molecule has 0 atom stereocenters. The fraction of sp³-hybridized carbons (Fsp3) is 0.111. The molecule has 0 saturated heterocycles. The third kappa shape index (κ3) is 1.65. The summed E-state index contributed by atoms with van der Waals surface area (Å²) in [5.41, 5.74) is 0. The van der Waals surface area contributed by atoms with E-state index in [4.69, 9.17) is 4.74 Å². The lowest BCUT2D eigenvalue weighted by Crippen LogP contribution is -1.86. The predicted octanol–water partition coefficient (Wildman–Crippen LogP) is 3.65. The molecule has 4 heteroatoms. The summed E-state index contributed by atoms with van der Waals surface area (Å²) in [5, 5.41) is 1.03. The summed E-state index contributed by atoms with van der Waals surface area (Å²) in [7, 11) is 1.47. The molecule has 0 radical (unpaired) electrons. The van der Waals surface area contributed by atoms with Crippen LogP contribution in [-0.2, 0) is 0 Å². The molecule has 13 heavy (non-hydrogen) atoms. The molecular weight excluding hydrogens is 302 g/mol. The first-order valence-electron chi connectivity index (χ1n) is 3.63. The van der Waals surface area contributed by atoms with Crippen molar-refractivity contribution in [1.82, 2.24) is 0 Å². The van der Waals surface area contributed by atoms with Gasteiger partial charge in [-0.25, -0.2) is 4.39 Å². The van der Waals surface area contributed by atoms with Gasteiger partial charge in [0.2, 0.25) is 0 Å². The minimum Gasteiger partial charge on any atom is -0.494 e. The molecule has 1 nitrogen and oxygen atoms in total. The maximum atomic E-state index is 13.2. The first kappa shape index (κ1) is 9.21. The molecule has 0 amide bonds. The van der Waals surface area contributed by atoms with E-state index < -0.39 is 0 Å². The lowest BCUT2D eigenvalue weighted by molar-refractivity contribution is 0.387. The zero-order valence-corrected chi connectivity index (χ0v) is 9.78. The molecule has 0 aliphatic rings. The second-order valence-electron chi connectivity index (χ2n) is 2.58. The Morgan fingerprint density at radius 3 is 2.85 bits per heavy atom. The highest BCUT2D eigenvalue weighted by Gasteiger charge is 2.06. The molecule has 68 valence electrons. The summed E-state index contributed by atoms with van der Waals surface area (Å²) < 4.78 is 20.2. The van der Waals surface area contributed by atoms with E-state index in [1.54, 1.807) is 17.4 Å². The van der Waals surface area contributed by atoms with Crippen LogP contribution < -0.4 is 4.74 Å². The van der Waals surface area contributed by atoms with Crippen LogP contribution in [0.1, 0.15) is 0 Å².